The fourth-order valence-electron chi connectivity index (χ4n) is 2.93. The van der Waals surface area contributed by atoms with Gasteiger partial charge in [-0.25, -0.2) is 0 Å². The Morgan fingerprint density at radius 2 is 1.86 bits per heavy atom. The minimum Gasteiger partial charge on any atom is -0.352 e. The summed E-state index contributed by atoms with van der Waals surface area (Å²) in [5.41, 5.74) is 2.83. The zero-order valence-electron chi connectivity index (χ0n) is 13.7. The van der Waals surface area contributed by atoms with Crippen LogP contribution < -0.4 is 10.6 Å². The molecule has 1 saturated carbocycles. The predicted molar refractivity (Wildman–Crippen MR) is 87.8 cm³/mol. The van der Waals surface area contributed by atoms with Crippen LogP contribution in [0.2, 0.25) is 0 Å². The van der Waals surface area contributed by atoms with Crippen LogP contribution in [0.3, 0.4) is 0 Å². The van der Waals surface area contributed by atoms with Gasteiger partial charge in [0.2, 0.25) is 5.91 Å². The second-order valence-electron chi connectivity index (χ2n) is 6.42. The number of benzene rings is 1. The van der Waals surface area contributed by atoms with Gasteiger partial charge in [0.05, 0.1) is 6.54 Å². The van der Waals surface area contributed by atoms with Crippen LogP contribution in [0.25, 0.3) is 0 Å². The van der Waals surface area contributed by atoms with Crippen molar-refractivity contribution in [1.82, 2.24) is 10.6 Å². The number of amides is 2. The molecule has 4 heteroatoms. The number of carbonyl (C=O) groups excluding carboxylic acids is 2. The number of aryl methyl sites for hydroxylation is 2. The van der Waals surface area contributed by atoms with E-state index in [1.54, 1.807) is 6.07 Å². The second kappa shape index (κ2) is 7.43. The Labute approximate surface area is 132 Å². The van der Waals surface area contributed by atoms with E-state index in [1.807, 2.05) is 26.0 Å². The van der Waals surface area contributed by atoms with E-state index in [0.717, 1.165) is 17.5 Å². The van der Waals surface area contributed by atoms with E-state index in [1.165, 1.54) is 19.3 Å². The van der Waals surface area contributed by atoms with Gasteiger partial charge in [-0.3, -0.25) is 9.59 Å². The lowest BCUT2D eigenvalue weighted by atomic mass is 9.86. The maximum atomic E-state index is 12.1. The van der Waals surface area contributed by atoms with E-state index >= 15 is 0 Å². The molecule has 1 aliphatic carbocycles. The Bertz CT molecular complexity index is 554. The zero-order chi connectivity index (χ0) is 16.1. The Morgan fingerprint density at radius 1 is 1.14 bits per heavy atom. The molecule has 1 fully saturated rings. The average molecular weight is 302 g/mol. The first kappa shape index (κ1) is 16.5. The van der Waals surface area contributed by atoms with Crippen molar-refractivity contribution in [2.24, 2.45) is 5.92 Å². The van der Waals surface area contributed by atoms with Crippen LogP contribution >= 0.6 is 0 Å². The van der Waals surface area contributed by atoms with Crippen molar-refractivity contribution in [3.8, 4) is 0 Å². The third-order valence-electron chi connectivity index (χ3n) is 4.64. The van der Waals surface area contributed by atoms with Crippen LogP contribution in [0, 0.1) is 19.8 Å². The molecule has 1 aromatic carbocycles. The summed E-state index contributed by atoms with van der Waals surface area (Å²) < 4.78 is 0. The van der Waals surface area contributed by atoms with Crippen LogP contribution in [-0.4, -0.2) is 24.4 Å². The van der Waals surface area contributed by atoms with Gasteiger partial charge in [0.1, 0.15) is 0 Å². The lowest BCUT2D eigenvalue weighted by Crippen LogP contribution is -2.45. The van der Waals surface area contributed by atoms with Gasteiger partial charge in [0, 0.05) is 11.6 Å². The molecule has 2 N–H and O–H groups in total. The number of nitrogens with one attached hydrogen (secondary N) is 2. The molecule has 0 saturated heterocycles. The van der Waals surface area contributed by atoms with Gasteiger partial charge in [0.25, 0.3) is 5.91 Å². The van der Waals surface area contributed by atoms with Crippen LogP contribution in [0.1, 0.15) is 54.1 Å². The zero-order valence-corrected chi connectivity index (χ0v) is 13.7. The summed E-state index contributed by atoms with van der Waals surface area (Å²) in [7, 11) is 0. The van der Waals surface area contributed by atoms with Gasteiger partial charge >= 0.3 is 0 Å². The molecule has 0 unspecified atom stereocenters. The third-order valence-corrected chi connectivity index (χ3v) is 4.64. The average Bonchev–Trinajstić information content (AvgIpc) is 2.50. The lowest BCUT2D eigenvalue weighted by molar-refractivity contribution is -0.121. The van der Waals surface area contributed by atoms with Crippen molar-refractivity contribution in [3.05, 3.63) is 34.9 Å². The van der Waals surface area contributed by atoms with Gasteiger partial charge in [-0.2, -0.15) is 0 Å². The molecule has 4 nitrogen and oxygen atoms in total. The maximum absolute atomic E-state index is 12.1. The predicted octanol–water partition coefficient (Wildman–Crippen LogP) is 2.73. The quantitative estimate of drug-likeness (QED) is 0.898. The van der Waals surface area contributed by atoms with Gasteiger partial charge in [-0.15, -0.1) is 0 Å². The highest BCUT2D eigenvalue weighted by Gasteiger charge is 2.22. The molecule has 120 valence electrons. The summed E-state index contributed by atoms with van der Waals surface area (Å²) in [6.45, 7) is 6.20. The molecule has 2 rings (SSSR count). The molecule has 0 spiro atoms. The Morgan fingerprint density at radius 3 is 2.55 bits per heavy atom. The molecule has 0 bridgehead atoms. The molecule has 0 aromatic heterocycles. The molecule has 2 amide bonds. The van der Waals surface area contributed by atoms with Crippen molar-refractivity contribution in [3.63, 3.8) is 0 Å². The molecule has 0 radical (unpaired) electrons. The van der Waals surface area contributed by atoms with Gasteiger partial charge in [0.15, 0.2) is 0 Å². The summed E-state index contributed by atoms with van der Waals surface area (Å²) in [6, 6.07) is 5.82. The van der Waals surface area contributed by atoms with E-state index in [4.69, 9.17) is 0 Å². The first-order chi connectivity index (χ1) is 10.5. The SMILES string of the molecule is Cc1ccc(C(=O)NCC(=O)N[C@@H]2CCCC[C@@H]2C)cc1C. The monoisotopic (exact) mass is 302 g/mol. The number of hydrogen-bond donors (Lipinski definition) is 2. The minimum atomic E-state index is -0.199. The van der Waals surface area contributed by atoms with Crippen molar-refractivity contribution < 1.29 is 9.59 Å². The molecular formula is C18H26N2O2. The summed E-state index contributed by atoms with van der Waals surface area (Å²) in [5, 5.41) is 5.74. The first-order valence-corrected chi connectivity index (χ1v) is 8.12. The number of carbonyl (C=O) groups is 2. The Hall–Kier alpha value is -1.84. The van der Waals surface area contributed by atoms with Crippen molar-refractivity contribution in [1.29, 1.82) is 0 Å². The smallest absolute Gasteiger partial charge is 0.251 e. The van der Waals surface area contributed by atoms with E-state index in [0.29, 0.717) is 11.5 Å². The van der Waals surface area contributed by atoms with Crippen LogP contribution in [0.4, 0.5) is 0 Å². The van der Waals surface area contributed by atoms with Crippen LogP contribution in [-0.2, 0) is 4.79 Å². The largest absolute Gasteiger partial charge is 0.352 e. The second-order valence-corrected chi connectivity index (χ2v) is 6.42. The van der Waals surface area contributed by atoms with Crippen molar-refractivity contribution >= 4 is 11.8 Å². The van der Waals surface area contributed by atoms with Crippen LogP contribution in [0.5, 0.6) is 0 Å². The summed E-state index contributed by atoms with van der Waals surface area (Å²) in [5.74, 6) is 0.221. The molecule has 1 aliphatic rings. The summed E-state index contributed by atoms with van der Waals surface area (Å²) in [6.07, 6.45) is 4.62. The molecule has 22 heavy (non-hydrogen) atoms. The highest BCUT2D eigenvalue weighted by Crippen LogP contribution is 2.23. The van der Waals surface area contributed by atoms with E-state index < -0.39 is 0 Å². The van der Waals surface area contributed by atoms with Crippen molar-refractivity contribution in [2.75, 3.05) is 6.54 Å². The molecule has 1 aromatic rings. The van der Waals surface area contributed by atoms with E-state index in [-0.39, 0.29) is 24.4 Å². The first-order valence-electron chi connectivity index (χ1n) is 8.12. The topological polar surface area (TPSA) is 58.2 Å². The van der Waals surface area contributed by atoms with E-state index in [9.17, 15) is 9.59 Å². The Kier molecular flexibility index (Phi) is 5.58. The highest BCUT2D eigenvalue weighted by atomic mass is 16.2. The van der Waals surface area contributed by atoms with E-state index in [2.05, 4.69) is 17.6 Å². The lowest BCUT2D eigenvalue weighted by Gasteiger charge is -2.29. The standard InChI is InChI=1S/C18H26N2O2/c1-12-8-9-15(10-14(12)3)18(22)19-11-17(21)20-16-7-5-4-6-13(16)2/h8-10,13,16H,4-7,11H2,1-3H3,(H,19,22)(H,20,21)/t13-,16+/m0/s1. The van der Waals surface area contributed by atoms with Gasteiger partial charge in [-0.05, 0) is 55.9 Å². The fraction of sp³-hybridized carbons (Fsp3) is 0.556. The molecular weight excluding hydrogens is 276 g/mol. The minimum absolute atomic E-state index is 0.0367. The fourth-order valence-corrected chi connectivity index (χ4v) is 2.93. The van der Waals surface area contributed by atoms with Gasteiger partial charge in [-0.1, -0.05) is 25.8 Å². The Balaban J connectivity index is 1.82. The van der Waals surface area contributed by atoms with Gasteiger partial charge < -0.3 is 10.6 Å². The molecule has 2 atom stereocenters. The highest BCUT2D eigenvalue weighted by molar-refractivity contribution is 5.96. The van der Waals surface area contributed by atoms with Crippen LogP contribution in [0.15, 0.2) is 18.2 Å². The molecule has 0 aliphatic heterocycles. The third kappa shape index (κ3) is 4.33. The number of rotatable bonds is 4. The normalized spacial score (nSPS) is 21.2. The molecule has 0 heterocycles. The number of hydrogen-bond acceptors (Lipinski definition) is 2. The summed E-state index contributed by atoms with van der Waals surface area (Å²) in [4.78, 5) is 24.1. The summed E-state index contributed by atoms with van der Waals surface area (Å²) >= 11 is 0. The maximum Gasteiger partial charge on any atom is 0.251 e. The van der Waals surface area contributed by atoms with Crippen molar-refractivity contribution in [2.45, 2.75) is 52.5 Å².